The van der Waals surface area contributed by atoms with E-state index in [4.69, 9.17) is 11.6 Å². The molecule has 134 valence electrons. The summed E-state index contributed by atoms with van der Waals surface area (Å²) in [6, 6.07) is 17.4. The summed E-state index contributed by atoms with van der Waals surface area (Å²) < 4.78 is 27.3. The largest absolute Gasteiger partial charge is 0.292 e. The van der Waals surface area contributed by atoms with Crippen LogP contribution in [0.5, 0.6) is 0 Å². The van der Waals surface area contributed by atoms with Gasteiger partial charge in [0.1, 0.15) is 11.0 Å². The molecule has 3 aromatic rings. The predicted octanol–water partition coefficient (Wildman–Crippen LogP) is 5.39. The Morgan fingerprint density at radius 1 is 1.00 bits per heavy atom. The first-order valence-electron chi connectivity index (χ1n) is 7.66. The minimum atomic E-state index is -3.77. The minimum absolute atomic E-state index is 0.385. The topological polar surface area (TPSA) is 51.2 Å². The van der Waals surface area contributed by atoms with E-state index < -0.39 is 20.8 Å². The molecule has 3 nitrogen and oxygen atoms in total. The smallest absolute Gasteiger partial charge is 0.187 e. The van der Waals surface area contributed by atoms with E-state index in [1.807, 2.05) is 12.1 Å². The number of Topliss-reactive ketones (excluding diaryl/α,β-unsaturated/α-hetero) is 1. The maximum absolute atomic E-state index is 13.2. The third-order valence-corrected chi connectivity index (χ3v) is 7.64. The number of halogens is 2. The number of thiophene rings is 1. The Bertz CT molecular complexity index is 950. The van der Waals surface area contributed by atoms with Gasteiger partial charge in [0.2, 0.25) is 0 Å². The van der Waals surface area contributed by atoms with Gasteiger partial charge in [-0.15, -0.1) is 11.3 Å². The van der Waals surface area contributed by atoms with Gasteiger partial charge in [0, 0.05) is 8.59 Å². The summed E-state index contributed by atoms with van der Waals surface area (Å²) in [5.74, 6) is -0.920. The van der Waals surface area contributed by atoms with Gasteiger partial charge >= 0.3 is 0 Å². The Hall–Kier alpha value is -1.22. The van der Waals surface area contributed by atoms with Gasteiger partial charge in [0.05, 0.1) is 4.88 Å². The highest BCUT2D eigenvalue weighted by Gasteiger charge is 2.31. The van der Waals surface area contributed by atoms with Crippen LogP contribution in [0.4, 0.5) is 0 Å². The molecule has 0 aliphatic rings. The second kappa shape index (κ2) is 8.21. The average molecular weight is 517 g/mol. The fourth-order valence-corrected chi connectivity index (χ4v) is 5.73. The molecule has 0 aliphatic carbocycles. The fraction of sp³-hybridized carbons (Fsp3) is 0.105. The van der Waals surface area contributed by atoms with E-state index in [1.54, 1.807) is 53.9 Å². The van der Waals surface area contributed by atoms with Crippen molar-refractivity contribution in [1.82, 2.24) is 0 Å². The first-order chi connectivity index (χ1) is 12.4. The lowest BCUT2D eigenvalue weighted by Gasteiger charge is -2.18. The second-order valence-electron chi connectivity index (χ2n) is 5.69. The first kappa shape index (κ1) is 19.5. The molecule has 0 N–H and O–H groups in total. The van der Waals surface area contributed by atoms with Gasteiger partial charge in [-0.3, -0.25) is 4.79 Å². The molecule has 0 bridgehead atoms. The van der Waals surface area contributed by atoms with Crippen molar-refractivity contribution in [2.75, 3.05) is 5.75 Å². The van der Waals surface area contributed by atoms with E-state index in [0.29, 0.717) is 21.0 Å². The lowest BCUT2D eigenvalue weighted by Crippen LogP contribution is -2.23. The van der Waals surface area contributed by atoms with Crippen LogP contribution in [-0.4, -0.2) is 20.0 Å². The number of benzene rings is 2. The Balaban J connectivity index is 2.02. The molecule has 0 saturated carbocycles. The summed E-state index contributed by atoms with van der Waals surface area (Å²) in [5.41, 5.74) is 1.22. The third kappa shape index (κ3) is 4.54. The highest BCUT2D eigenvalue weighted by Crippen LogP contribution is 2.32. The SMILES string of the molecule is O=C(CS(=O)(=O)C(c1ccc(Cl)cc1)c1ccc(I)cc1)c1cccs1. The predicted molar refractivity (Wildman–Crippen MR) is 115 cm³/mol. The van der Waals surface area contributed by atoms with Gasteiger partial charge in [0.25, 0.3) is 0 Å². The van der Waals surface area contributed by atoms with Crippen LogP contribution in [0.1, 0.15) is 26.0 Å². The molecular weight excluding hydrogens is 503 g/mol. The highest BCUT2D eigenvalue weighted by atomic mass is 127. The number of ketones is 1. The molecule has 7 heteroatoms. The summed E-state index contributed by atoms with van der Waals surface area (Å²) in [6.07, 6.45) is 0. The van der Waals surface area contributed by atoms with Crippen LogP contribution in [0.25, 0.3) is 0 Å². The summed E-state index contributed by atoms with van der Waals surface area (Å²) in [7, 11) is -3.77. The number of rotatable bonds is 6. The Labute approximate surface area is 175 Å². The van der Waals surface area contributed by atoms with Gasteiger partial charge < -0.3 is 0 Å². The number of hydrogen-bond acceptors (Lipinski definition) is 4. The van der Waals surface area contributed by atoms with Crippen molar-refractivity contribution in [2.45, 2.75) is 5.25 Å². The number of sulfone groups is 1. The Morgan fingerprint density at radius 2 is 1.58 bits per heavy atom. The van der Waals surface area contributed by atoms with Crippen LogP contribution >= 0.6 is 45.5 Å². The van der Waals surface area contributed by atoms with Crippen molar-refractivity contribution in [1.29, 1.82) is 0 Å². The van der Waals surface area contributed by atoms with Crippen molar-refractivity contribution in [3.8, 4) is 0 Å². The van der Waals surface area contributed by atoms with Gasteiger partial charge in [-0.1, -0.05) is 41.9 Å². The van der Waals surface area contributed by atoms with Crippen molar-refractivity contribution in [3.05, 3.63) is 90.6 Å². The van der Waals surface area contributed by atoms with E-state index >= 15 is 0 Å². The van der Waals surface area contributed by atoms with Gasteiger partial charge in [-0.25, -0.2) is 8.42 Å². The number of carbonyl (C=O) groups excluding carboxylic acids is 1. The van der Waals surface area contributed by atoms with E-state index in [2.05, 4.69) is 22.6 Å². The maximum Gasteiger partial charge on any atom is 0.187 e. The fourth-order valence-electron chi connectivity index (χ4n) is 2.66. The van der Waals surface area contributed by atoms with Crippen LogP contribution in [-0.2, 0) is 9.84 Å². The van der Waals surface area contributed by atoms with E-state index in [9.17, 15) is 13.2 Å². The lowest BCUT2D eigenvalue weighted by atomic mass is 10.0. The van der Waals surface area contributed by atoms with Crippen LogP contribution in [0.15, 0.2) is 66.0 Å². The third-order valence-electron chi connectivity index (χ3n) is 3.83. The van der Waals surface area contributed by atoms with E-state index in [1.165, 1.54) is 11.3 Å². The molecule has 1 heterocycles. The maximum atomic E-state index is 13.2. The number of carbonyl (C=O) groups is 1. The highest BCUT2D eigenvalue weighted by molar-refractivity contribution is 14.1. The molecule has 1 aromatic heterocycles. The molecule has 1 unspecified atom stereocenters. The second-order valence-corrected chi connectivity index (χ2v) is 10.4. The normalized spacial score (nSPS) is 12.7. The van der Waals surface area contributed by atoms with Gasteiger partial charge in [0.15, 0.2) is 15.6 Å². The molecular formula is C19H14ClIO3S2. The number of hydrogen-bond donors (Lipinski definition) is 0. The molecule has 0 fully saturated rings. The zero-order valence-corrected chi connectivity index (χ0v) is 18.0. The molecule has 0 radical (unpaired) electrons. The molecule has 0 aliphatic heterocycles. The van der Waals surface area contributed by atoms with Crippen molar-refractivity contribution >= 4 is 61.1 Å². The summed E-state index contributed by atoms with van der Waals surface area (Å²) in [4.78, 5) is 12.9. The monoisotopic (exact) mass is 516 g/mol. The van der Waals surface area contributed by atoms with Crippen LogP contribution in [0, 0.1) is 3.57 Å². The molecule has 3 rings (SSSR count). The van der Waals surface area contributed by atoms with E-state index in [-0.39, 0.29) is 5.78 Å². The van der Waals surface area contributed by atoms with Crippen molar-refractivity contribution in [2.24, 2.45) is 0 Å². The average Bonchev–Trinajstić information content (AvgIpc) is 3.13. The molecule has 2 aromatic carbocycles. The summed E-state index contributed by atoms with van der Waals surface area (Å²) in [6.45, 7) is 0. The van der Waals surface area contributed by atoms with Gasteiger partial charge in [-0.2, -0.15) is 0 Å². The quantitative estimate of drug-likeness (QED) is 0.326. The zero-order valence-electron chi connectivity index (χ0n) is 13.4. The molecule has 0 amide bonds. The Kier molecular flexibility index (Phi) is 6.17. The van der Waals surface area contributed by atoms with Crippen molar-refractivity contribution in [3.63, 3.8) is 0 Å². The standard InChI is InChI=1S/C19H14ClIO3S2/c20-15-7-3-13(4-8-15)19(14-5-9-16(21)10-6-14)26(23,24)12-17(22)18-2-1-11-25-18/h1-11,19H,12H2. The molecule has 26 heavy (non-hydrogen) atoms. The van der Waals surface area contributed by atoms with Crippen LogP contribution in [0.2, 0.25) is 5.02 Å². The summed E-state index contributed by atoms with van der Waals surface area (Å²) in [5, 5.41) is 1.37. The first-order valence-corrected chi connectivity index (χ1v) is 11.7. The molecule has 1 atom stereocenters. The lowest BCUT2D eigenvalue weighted by molar-refractivity contribution is 0.102. The molecule has 0 spiro atoms. The van der Waals surface area contributed by atoms with Crippen LogP contribution in [0.3, 0.4) is 0 Å². The van der Waals surface area contributed by atoms with Crippen LogP contribution < -0.4 is 0 Å². The minimum Gasteiger partial charge on any atom is -0.292 e. The molecule has 0 saturated heterocycles. The van der Waals surface area contributed by atoms with E-state index in [0.717, 1.165) is 3.57 Å². The van der Waals surface area contributed by atoms with Gasteiger partial charge in [-0.05, 0) is 69.4 Å². The van der Waals surface area contributed by atoms with Crippen molar-refractivity contribution < 1.29 is 13.2 Å². The Morgan fingerprint density at radius 3 is 2.12 bits per heavy atom. The zero-order chi connectivity index (χ0) is 18.7. The summed E-state index contributed by atoms with van der Waals surface area (Å²) >= 11 is 9.36.